The lowest BCUT2D eigenvalue weighted by Crippen LogP contribution is -2.37. The second-order valence-corrected chi connectivity index (χ2v) is 7.08. The molecule has 0 saturated carbocycles. The van der Waals surface area contributed by atoms with Gasteiger partial charge in [0.1, 0.15) is 5.75 Å². The fourth-order valence-corrected chi connectivity index (χ4v) is 3.43. The van der Waals surface area contributed by atoms with Crippen LogP contribution in [0.15, 0.2) is 42.5 Å². The van der Waals surface area contributed by atoms with Crippen LogP contribution in [0.2, 0.25) is 10.0 Å². The van der Waals surface area contributed by atoms with Gasteiger partial charge in [-0.3, -0.25) is 9.59 Å². The van der Waals surface area contributed by atoms with Gasteiger partial charge in [0.05, 0.1) is 22.7 Å². The zero-order valence-electron chi connectivity index (χ0n) is 15.0. The normalized spacial score (nSPS) is 14.6. The molecule has 2 amide bonds. The van der Waals surface area contributed by atoms with E-state index in [2.05, 4.69) is 0 Å². The van der Waals surface area contributed by atoms with Gasteiger partial charge in [-0.05, 0) is 36.8 Å². The summed E-state index contributed by atoms with van der Waals surface area (Å²) in [6, 6.07) is 12.0. The summed E-state index contributed by atoms with van der Waals surface area (Å²) in [6.07, 6.45) is 0.702. The third-order valence-corrected chi connectivity index (χ3v) is 5.31. The predicted octanol–water partition coefficient (Wildman–Crippen LogP) is 3.99. The van der Waals surface area contributed by atoms with Crippen molar-refractivity contribution in [1.82, 2.24) is 9.80 Å². The summed E-state index contributed by atoms with van der Waals surface area (Å²) in [5, 5.41) is 0.767. The zero-order valence-corrected chi connectivity index (χ0v) is 16.5. The quantitative estimate of drug-likeness (QED) is 0.773. The number of carbonyl (C=O) groups is 2. The van der Waals surface area contributed by atoms with E-state index in [1.807, 2.05) is 12.1 Å². The van der Waals surface area contributed by atoms with E-state index >= 15 is 0 Å². The van der Waals surface area contributed by atoms with Crippen LogP contribution in [0.5, 0.6) is 5.75 Å². The van der Waals surface area contributed by atoms with Crippen LogP contribution in [0, 0.1) is 0 Å². The number of ether oxygens (including phenoxy) is 1. The molecule has 1 fully saturated rings. The summed E-state index contributed by atoms with van der Waals surface area (Å²) in [4.78, 5) is 29.1. The Balaban J connectivity index is 1.70. The average Bonchev–Trinajstić information content (AvgIpc) is 2.95. The fourth-order valence-electron chi connectivity index (χ4n) is 3.13. The summed E-state index contributed by atoms with van der Waals surface area (Å²) in [5.41, 5.74) is 1.03. The van der Waals surface area contributed by atoms with Gasteiger partial charge in [0, 0.05) is 31.7 Å². The minimum Gasteiger partial charge on any atom is -0.496 e. The Morgan fingerprint density at radius 3 is 2.22 bits per heavy atom. The molecule has 0 aliphatic carbocycles. The van der Waals surface area contributed by atoms with Crippen molar-refractivity contribution in [2.75, 3.05) is 33.3 Å². The Labute approximate surface area is 168 Å². The van der Waals surface area contributed by atoms with Gasteiger partial charge >= 0.3 is 0 Å². The summed E-state index contributed by atoms with van der Waals surface area (Å²) in [5.74, 6) is 0.354. The van der Waals surface area contributed by atoms with Gasteiger partial charge in [0.2, 0.25) is 0 Å². The second kappa shape index (κ2) is 8.63. The first-order valence-electron chi connectivity index (χ1n) is 8.68. The summed E-state index contributed by atoms with van der Waals surface area (Å²) in [6.45, 7) is 2.08. The Bertz CT molecular complexity index is 857. The van der Waals surface area contributed by atoms with E-state index in [9.17, 15) is 9.59 Å². The van der Waals surface area contributed by atoms with Gasteiger partial charge in [-0.25, -0.2) is 0 Å². The van der Waals surface area contributed by atoms with Crippen molar-refractivity contribution in [2.45, 2.75) is 6.42 Å². The maximum atomic E-state index is 12.9. The molecular formula is C20H20Cl2N2O3. The van der Waals surface area contributed by atoms with Crippen molar-refractivity contribution in [3.63, 3.8) is 0 Å². The number of para-hydroxylation sites is 1. The van der Waals surface area contributed by atoms with Gasteiger partial charge in [0.15, 0.2) is 0 Å². The topological polar surface area (TPSA) is 49.9 Å². The third-order valence-electron chi connectivity index (χ3n) is 4.57. The molecule has 0 unspecified atom stereocenters. The van der Waals surface area contributed by atoms with E-state index in [0.29, 0.717) is 59.5 Å². The third kappa shape index (κ3) is 4.37. The van der Waals surface area contributed by atoms with E-state index in [0.717, 1.165) is 0 Å². The molecule has 1 heterocycles. The molecular weight excluding hydrogens is 387 g/mol. The highest BCUT2D eigenvalue weighted by Gasteiger charge is 2.25. The van der Waals surface area contributed by atoms with Gasteiger partial charge in [0.25, 0.3) is 11.8 Å². The maximum Gasteiger partial charge on any atom is 0.257 e. The van der Waals surface area contributed by atoms with E-state index in [1.165, 1.54) is 0 Å². The number of hydrogen-bond acceptors (Lipinski definition) is 3. The molecule has 0 N–H and O–H groups in total. The van der Waals surface area contributed by atoms with Crippen LogP contribution in [-0.2, 0) is 0 Å². The van der Waals surface area contributed by atoms with Crippen LogP contribution in [0.1, 0.15) is 27.1 Å². The lowest BCUT2D eigenvalue weighted by atomic mass is 10.1. The Morgan fingerprint density at radius 1 is 0.889 bits per heavy atom. The Hall–Kier alpha value is -2.24. The van der Waals surface area contributed by atoms with E-state index in [4.69, 9.17) is 27.9 Å². The summed E-state index contributed by atoms with van der Waals surface area (Å²) < 4.78 is 5.29. The highest BCUT2D eigenvalue weighted by Crippen LogP contribution is 2.24. The molecule has 142 valence electrons. The van der Waals surface area contributed by atoms with Crippen LogP contribution >= 0.6 is 23.2 Å². The van der Waals surface area contributed by atoms with E-state index < -0.39 is 0 Å². The zero-order chi connectivity index (χ0) is 19.4. The number of methoxy groups -OCH3 is 1. The molecule has 1 aliphatic heterocycles. The molecule has 2 aromatic carbocycles. The molecule has 0 radical (unpaired) electrons. The number of hydrogen-bond donors (Lipinski definition) is 0. The highest BCUT2D eigenvalue weighted by atomic mass is 35.5. The van der Waals surface area contributed by atoms with Gasteiger partial charge in [-0.1, -0.05) is 35.3 Å². The number of carbonyl (C=O) groups excluding carboxylic acids is 2. The van der Waals surface area contributed by atoms with Crippen molar-refractivity contribution in [2.24, 2.45) is 0 Å². The SMILES string of the molecule is COc1ccccc1C(=O)N1CCCN(C(=O)c2ccc(Cl)c(Cl)c2)CC1. The fraction of sp³-hybridized carbons (Fsp3) is 0.300. The average molecular weight is 407 g/mol. The largest absolute Gasteiger partial charge is 0.496 e. The lowest BCUT2D eigenvalue weighted by molar-refractivity contribution is 0.0717. The Morgan fingerprint density at radius 2 is 1.56 bits per heavy atom. The maximum absolute atomic E-state index is 12.9. The number of rotatable bonds is 3. The number of nitrogens with zero attached hydrogens (tertiary/aromatic N) is 2. The van der Waals surface area contributed by atoms with Crippen molar-refractivity contribution < 1.29 is 14.3 Å². The molecule has 0 spiro atoms. The van der Waals surface area contributed by atoms with E-state index in [1.54, 1.807) is 47.2 Å². The molecule has 1 aliphatic rings. The number of amides is 2. The molecule has 0 atom stereocenters. The van der Waals surface area contributed by atoms with Gasteiger partial charge in [-0.15, -0.1) is 0 Å². The van der Waals surface area contributed by atoms with Crippen molar-refractivity contribution in [3.05, 3.63) is 63.6 Å². The molecule has 0 aromatic heterocycles. The number of halogens is 2. The molecule has 3 rings (SSSR count). The molecule has 1 saturated heterocycles. The summed E-state index contributed by atoms with van der Waals surface area (Å²) in [7, 11) is 1.55. The summed E-state index contributed by atoms with van der Waals surface area (Å²) >= 11 is 11.9. The van der Waals surface area contributed by atoms with Gasteiger partial charge in [-0.2, -0.15) is 0 Å². The first kappa shape index (κ1) is 19.5. The first-order chi connectivity index (χ1) is 13.0. The minimum absolute atomic E-state index is 0.0868. The number of benzene rings is 2. The molecule has 5 nitrogen and oxygen atoms in total. The van der Waals surface area contributed by atoms with Crippen LogP contribution in [0.4, 0.5) is 0 Å². The standard InChI is InChI=1S/C20H20Cl2N2O3/c1-27-18-6-3-2-5-15(18)20(26)24-10-4-9-23(11-12-24)19(25)14-7-8-16(21)17(22)13-14/h2-3,5-8,13H,4,9-12H2,1H3. The van der Waals surface area contributed by atoms with Crippen molar-refractivity contribution >= 4 is 35.0 Å². The highest BCUT2D eigenvalue weighted by molar-refractivity contribution is 6.42. The van der Waals surface area contributed by atoms with Crippen LogP contribution in [0.3, 0.4) is 0 Å². The van der Waals surface area contributed by atoms with Crippen molar-refractivity contribution in [3.8, 4) is 5.75 Å². The first-order valence-corrected chi connectivity index (χ1v) is 9.43. The molecule has 27 heavy (non-hydrogen) atoms. The predicted molar refractivity (Wildman–Crippen MR) is 106 cm³/mol. The van der Waals surface area contributed by atoms with Crippen LogP contribution < -0.4 is 4.74 Å². The Kier molecular flexibility index (Phi) is 6.24. The van der Waals surface area contributed by atoms with E-state index in [-0.39, 0.29) is 11.8 Å². The lowest BCUT2D eigenvalue weighted by Gasteiger charge is -2.23. The monoisotopic (exact) mass is 406 g/mol. The van der Waals surface area contributed by atoms with Crippen LogP contribution in [-0.4, -0.2) is 54.9 Å². The minimum atomic E-state index is -0.111. The van der Waals surface area contributed by atoms with Crippen molar-refractivity contribution in [1.29, 1.82) is 0 Å². The smallest absolute Gasteiger partial charge is 0.257 e. The van der Waals surface area contributed by atoms with Crippen LogP contribution in [0.25, 0.3) is 0 Å². The molecule has 2 aromatic rings. The van der Waals surface area contributed by atoms with Gasteiger partial charge < -0.3 is 14.5 Å². The second-order valence-electron chi connectivity index (χ2n) is 6.27. The molecule has 7 heteroatoms. The molecule has 0 bridgehead atoms.